The summed E-state index contributed by atoms with van der Waals surface area (Å²) in [4.78, 5) is 11.7. The first-order valence-electron chi connectivity index (χ1n) is 14.4. The van der Waals surface area contributed by atoms with Gasteiger partial charge in [0.15, 0.2) is 0 Å². The number of aromatic hydroxyl groups is 1. The van der Waals surface area contributed by atoms with Gasteiger partial charge in [0, 0.05) is 6.08 Å². The highest BCUT2D eigenvalue weighted by Gasteiger charge is 1.98. The van der Waals surface area contributed by atoms with E-state index in [-0.39, 0.29) is 11.7 Å². The van der Waals surface area contributed by atoms with E-state index in [0.717, 1.165) is 18.4 Å². The molecule has 0 heterocycles. The lowest BCUT2D eigenvalue weighted by atomic mass is 10.0. The molecular formula is C31H52O3. The molecule has 3 nitrogen and oxygen atoms in total. The van der Waals surface area contributed by atoms with Crippen LogP contribution in [0.2, 0.25) is 0 Å². The molecule has 0 aromatic heterocycles. The van der Waals surface area contributed by atoms with Crippen molar-refractivity contribution in [2.24, 2.45) is 0 Å². The molecule has 0 unspecified atom stereocenters. The van der Waals surface area contributed by atoms with E-state index in [4.69, 9.17) is 4.74 Å². The minimum Gasteiger partial charge on any atom is -0.508 e. The number of esters is 1. The number of phenolic OH excluding ortho intramolecular Hbond substituents is 1. The molecule has 1 rings (SSSR count). The summed E-state index contributed by atoms with van der Waals surface area (Å²) >= 11 is 0. The van der Waals surface area contributed by atoms with Crippen LogP contribution in [0, 0.1) is 0 Å². The van der Waals surface area contributed by atoms with Crippen LogP contribution in [0.3, 0.4) is 0 Å². The maximum Gasteiger partial charge on any atom is 0.330 e. The summed E-state index contributed by atoms with van der Waals surface area (Å²) in [5.41, 5.74) is 0.869. The van der Waals surface area contributed by atoms with E-state index in [9.17, 15) is 9.90 Å². The Labute approximate surface area is 210 Å². The van der Waals surface area contributed by atoms with Gasteiger partial charge in [-0.2, -0.15) is 0 Å². The smallest absolute Gasteiger partial charge is 0.330 e. The fourth-order valence-corrected chi connectivity index (χ4v) is 4.33. The minimum absolute atomic E-state index is 0.222. The first-order valence-corrected chi connectivity index (χ1v) is 14.4. The van der Waals surface area contributed by atoms with Crippen LogP contribution in [0.1, 0.15) is 141 Å². The molecule has 0 spiro atoms. The number of unbranched alkanes of at least 4 members (excludes halogenated alkanes) is 19. The maximum atomic E-state index is 11.7. The van der Waals surface area contributed by atoms with E-state index in [1.54, 1.807) is 30.3 Å². The predicted octanol–water partition coefficient (Wildman–Crippen LogP) is 9.77. The van der Waals surface area contributed by atoms with Crippen LogP contribution in [-0.2, 0) is 9.53 Å². The fourth-order valence-electron chi connectivity index (χ4n) is 4.33. The fraction of sp³-hybridized carbons (Fsp3) is 0.710. The largest absolute Gasteiger partial charge is 0.508 e. The van der Waals surface area contributed by atoms with E-state index < -0.39 is 0 Å². The van der Waals surface area contributed by atoms with Gasteiger partial charge >= 0.3 is 5.97 Å². The van der Waals surface area contributed by atoms with Crippen molar-refractivity contribution < 1.29 is 14.6 Å². The number of carbonyl (C=O) groups is 1. The van der Waals surface area contributed by atoms with Crippen molar-refractivity contribution in [1.29, 1.82) is 0 Å². The Morgan fingerprint density at radius 3 is 1.44 bits per heavy atom. The SMILES string of the molecule is CCCCCCCCCCCCCCCCCCCCCCOC(=O)/C=C/c1ccc(O)cc1. The topological polar surface area (TPSA) is 46.5 Å². The monoisotopic (exact) mass is 472 g/mol. The molecular weight excluding hydrogens is 420 g/mol. The lowest BCUT2D eigenvalue weighted by Gasteiger charge is -2.04. The van der Waals surface area contributed by atoms with Crippen molar-refractivity contribution in [3.8, 4) is 5.75 Å². The second kappa shape index (κ2) is 23.0. The second-order valence-corrected chi connectivity index (χ2v) is 9.81. The minimum atomic E-state index is -0.300. The van der Waals surface area contributed by atoms with Crippen LogP contribution in [0.4, 0.5) is 0 Å². The Balaban J connectivity index is 1.75. The van der Waals surface area contributed by atoms with Gasteiger partial charge in [-0.1, -0.05) is 141 Å². The molecule has 34 heavy (non-hydrogen) atoms. The first kappa shape index (κ1) is 30.3. The Kier molecular flexibility index (Phi) is 20.5. The summed E-state index contributed by atoms with van der Waals surface area (Å²) in [7, 11) is 0. The molecule has 0 atom stereocenters. The predicted molar refractivity (Wildman–Crippen MR) is 146 cm³/mol. The van der Waals surface area contributed by atoms with Crippen LogP contribution in [0.15, 0.2) is 30.3 Å². The summed E-state index contributed by atoms with van der Waals surface area (Å²) < 4.78 is 5.25. The van der Waals surface area contributed by atoms with Crippen LogP contribution in [-0.4, -0.2) is 17.7 Å². The number of phenols is 1. The van der Waals surface area contributed by atoms with Gasteiger partial charge in [0.05, 0.1) is 6.61 Å². The van der Waals surface area contributed by atoms with E-state index in [1.807, 2.05) is 0 Å². The van der Waals surface area contributed by atoms with Crippen molar-refractivity contribution in [2.75, 3.05) is 6.61 Å². The van der Waals surface area contributed by atoms with Gasteiger partial charge < -0.3 is 9.84 Å². The average molecular weight is 473 g/mol. The first-order chi connectivity index (χ1) is 16.7. The molecule has 1 aromatic carbocycles. The normalized spacial score (nSPS) is 11.3. The average Bonchev–Trinajstić information content (AvgIpc) is 2.84. The highest BCUT2D eigenvalue weighted by Crippen LogP contribution is 2.15. The van der Waals surface area contributed by atoms with Crippen LogP contribution < -0.4 is 0 Å². The van der Waals surface area contributed by atoms with Crippen LogP contribution in [0.25, 0.3) is 6.08 Å². The van der Waals surface area contributed by atoms with Gasteiger partial charge in [-0.25, -0.2) is 4.79 Å². The third-order valence-electron chi connectivity index (χ3n) is 6.55. The lowest BCUT2D eigenvalue weighted by Crippen LogP contribution is -2.02. The molecule has 1 aromatic rings. The number of carbonyl (C=O) groups excluding carboxylic acids is 1. The van der Waals surface area contributed by atoms with Crippen molar-refractivity contribution in [3.63, 3.8) is 0 Å². The third kappa shape index (κ3) is 19.7. The van der Waals surface area contributed by atoms with Crippen molar-refractivity contribution >= 4 is 12.0 Å². The van der Waals surface area contributed by atoms with E-state index >= 15 is 0 Å². The second-order valence-electron chi connectivity index (χ2n) is 9.81. The molecule has 3 heteroatoms. The molecule has 0 aliphatic carbocycles. The molecule has 0 fully saturated rings. The van der Waals surface area contributed by atoms with E-state index in [2.05, 4.69) is 6.92 Å². The molecule has 194 valence electrons. The number of hydrogen-bond acceptors (Lipinski definition) is 3. The zero-order valence-electron chi connectivity index (χ0n) is 22.1. The van der Waals surface area contributed by atoms with Crippen LogP contribution in [0.5, 0.6) is 5.75 Å². The van der Waals surface area contributed by atoms with Crippen LogP contribution >= 0.6 is 0 Å². The summed E-state index contributed by atoms with van der Waals surface area (Å²) in [6.07, 6.45) is 30.5. The van der Waals surface area contributed by atoms with Gasteiger partial charge in [0.25, 0.3) is 0 Å². The third-order valence-corrected chi connectivity index (χ3v) is 6.55. The Hall–Kier alpha value is -1.77. The van der Waals surface area contributed by atoms with Crippen molar-refractivity contribution in [3.05, 3.63) is 35.9 Å². The molecule has 1 N–H and O–H groups in total. The Morgan fingerprint density at radius 1 is 0.647 bits per heavy atom. The molecule has 0 radical (unpaired) electrons. The number of benzene rings is 1. The molecule has 0 bridgehead atoms. The molecule has 0 saturated carbocycles. The quantitative estimate of drug-likeness (QED) is 0.0979. The summed E-state index contributed by atoms with van der Waals surface area (Å²) in [6, 6.07) is 6.73. The Morgan fingerprint density at radius 2 is 1.03 bits per heavy atom. The van der Waals surface area contributed by atoms with Gasteiger partial charge in [-0.3, -0.25) is 0 Å². The molecule has 0 aliphatic heterocycles. The van der Waals surface area contributed by atoms with Crippen molar-refractivity contribution in [2.45, 2.75) is 135 Å². The van der Waals surface area contributed by atoms with E-state index in [0.29, 0.717) is 6.61 Å². The Bertz CT molecular complexity index is 606. The maximum absolute atomic E-state index is 11.7. The molecule has 0 amide bonds. The molecule has 0 aliphatic rings. The highest BCUT2D eigenvalue weighted by atomic mass is 16.5. The summed E-state index contributed by atoms with van der Waals surface area (Å²) in [5, 5.41) is 9.25. The van der Waals surface area contributed by atoms with E-state index in [1.165, 1.54) is 122 Å². The molecule has 0 saturated heterocycles. The van der Waals surface area contributed by atoms with Gasteiger partial charge in [-0.15, -0.1) is 0 Å². The number of rotatable bonds is 23. The number of ether oxygens (including phenoxy) is 1. The number of hydrogen-bond donors (Lipinski definition) is 1. The van der Waals surface area contributed by atoms with Gasteiger partial charge in [0.2, 0.25) is 0 Å². The lowest BCUT2D eigenvalue weighted by molar-refractivity contribution is -0.137. The van der Waals surface area contributed by atoms with Gasteiger partial charge in [0.1, 0.15) is 5.75 Å². The van der Waals surface area contributed by atoms with Crippen molar-refractivity contribution in [1.82, 2.24) is 0 Å². The zero-order chi connectivity index (χ0) is 24.5. The van der Waals surface area contributed by atoms with Gasteiger partial charge in [-0.05, 0) is 30.2 Å². The highest BCUT2D eigenvalue weighted by molar-refractivity contribution is 5.87. The standard InChI is InChI=1S/C31H52O3/c1-2-3-4-5-6-7-8-9-10-11-12-13-14-15-16-17-18-19-20-21-28-34-31(33)27-24-29-22-25-30(32)26-23-29/h22-27,32H,2-21,28H2,1H3/b27-24+. The summed E-state index contributed by atoms with van der Waals surface area (Å²) in [6.45, 7) is 2.78. The summed E-state index contributed by atoms with van der Waals surface area (Å²) in [5.74, 6) is -0.0785. The zero-order valence-corrected chi connectivity index (χ0v) is 22.1.